The highest BCUT2D eigenvalue weighted by Crippen LogP contribution is 2.30. The summed E-state index contributed by atoms with van der Waals surface area (Å²) in [6.07, 6.45) is -4.59. The second-order valence-electron chi connectivity index (χ2n) is 7.24. The largest absolute Gasteiger partial charge is 0.416 e. The molecule has 1 amide bonds. The minimum Gasteiger partial charge on any atom is -0.386 e. The van der Waals surface area contributed by atoms with Crippen LogP contribution in [-0.2, 0) is 32.3 Å². The Kier molecular flexibility index (Phi) is 6.58. The Morgan fingerprint density at radius 1 is 1.16 bits per heavy atom. The highest BCUT2D eigenvalue weighted by Gasteiger charge is 2.35. The molecule has 1 saturated heterocycles. The summed E-state index contributed by atoms with van der Waals surface area (Å²) in [4.78, 5) is 13.8. The van der Waals surface area contributed by atoms with Crippen LogP contribution in [0, 0.1) is 0 Å². The number of amides is 1. The van der Waals surface area contributed by atoms with Gasteiger partial charge in [0.25, 0.3) is 0 Å². The molecule has 1 heterocycles. The Hall–Kier alpha value is -2.63. The predicted molar refractivity (Wildman–Crippen MR) is 106 cm³/mol. The number of nitrogens with one attached hydrogen (secondary N) is 1. The predicted octanol–water partition coefficient (Wildman–Crippen LogP) is 2.54. The van der Waals surface area contributed by atoms with E-state index < -0.39 is 39.8 Å². The zero-order valence-electron chi connectivity index (χ0n) is 16.5. The fraction of sp³-hybridized carbons (Fsp3) is 0.350. The molecule has 1 aliphatic rings. The molecule has 1 fully saturated rings. The van der Waals surface area contributed by atoms with E-state index in [1.165, 1.54) is 41.3 Å². The van der Waals surface area contributed by atoms with Gasteiger partial charge in [0.1, 0.15) is 12.7 Å². The third-order valence-electron chi connectivity index (χ3n) is 4.79. The molecule has 3 rings (SSSR count). The highest BCUT2D eigenvalue weighted by atomic mass is 32.2. The van der Waals surface area contributed by atoms with Gasteiger partial charge in [-0.2, -0.15) is 13.2 Å². The van der Waals surface area contributed by atoms with Crippen molar-refractivity contribution in [2.45, 2.75) is 24.9 Å². The molecular weight excluding hydrogens is 437 g/mol. The summed E-state index contributed by atoms with van der Waals surface area (Å²) in [5.41, 5.74) is 0.438. The number of carbonyl (C=O) groups excluding carboxylic acids is 1. The van der Waals surface area contributed by atoms with Crippen molar-refractivity contribution in [3.8, 4) is 0 Å². The molecule has 0 saturated carbocycles. The number of alkyl halides is 3. The number of hydrogen-bond donors (Lipinski definition) is 2. The van der Waals surface area contributed by atoms with E-state index in [1.54, 1.807) is 0 Å². The number of sulfonamides is 1. The van der Waals surface area contributed by atoms with E-state index in [2.05, 4.69) is 4.72 Å². The number of aliphatic hydroxyl groups excluding tert-OH is 1. The van der Waals surface area contributed by atoms with E-state index in [4.69, 9.17) is 4.74 Å². The Labute approximate surface area is 177 Å². The van der Waals surface area contributed by atoms with Crippen LogP contribution in [0.3, 0.4) is 0 Å². The second kappa shape index (κ2) is 8.85. The van der Waals surface area contributed by atoms with Crippen molar-refractivity contribution in [3.05, 3.63) is 65.2 Å². The van der Waals surface area contributed by atoms with E-state index in [-0.39, 0.29) is 19.8 Å². The molecule has 1 aliphatic heterocycles. The maximum absolute atomic E-state index is 12.8. The van der Waals surface area contributed by atoms with Gasteiger partial charge in [-0.25, -0.2) is 8.42 Å². The number of benzene rings is 2. The molecule has 0 bridgehead atoms. The van der Waals surface area contributed by atoms with Gasteiger partial charge in [0.05, 0.1) is 24.5 Å². The first-order valence-corrected chi connectivity index (χ1v) is 11.1. The zero-order chi connectivity index (χ0) is 22.8. The number of hydrogen-bond acceptors (Lipinski definition) is 5. The fourth-order valence-electron chi connectivity index (χ4n) is 3.27. The number of morpholine rings is 1. The molecule has 168 valence electrons. The van der Waals surface area contributed by atoms with Crippen molar-refractivity contribution in [3.63, 3.8) is 0 Å². The van der Waals surface area contributed by atoms with Crippen LogP contribution in [0.25, 0.3) is 0 Å². The summed E-state index contributed by atoms with van der Waals surface area (Å²) in [6.45, 7) is -0.145. The molecule has 7 nitrogen and oxygen atoms in total. The van der Waals surface area contributed by atoms with Gasteiger partial charge >= 0.3 is 6.18 Å². The van der Waals surface area contributed by atoms with Crippen LogP contribution in [0.1, 0.15) is 22.8 Å². The average molecular weight is 458 g/mol. The monoisotopic (exact) mass is 458 g/mol. The molecule has 2 aromatic rings. The van der Waals surface area contributed by atoms with Crippen LogP contribution in [0.4, 0.5) is 18.9 Å². The minimum absolute atomic E-state index is 0.00970. The molecule has 31 heavy (non-hydrogen) atoms. The van der Waals surface area contributed by atoms with Crippen molar-refractivity contribution in [2.75, 3.05) is 24.2 Å². The lowest BCUT2D eigenvalue weighted by Gasteiger charge is -2.38. The number of nitrogens with zero attached hydrogens (tertiary/aromatic N) is 1. The number of carbonyl (C=O) groups is 1. The molecule has 0 aromatic heterocycles. The van der Waals surface area contributed by atoms with Crippen molar-refractivity contribution < 1.29 is 36.2 Å². The van der Waals surface area contributed by atoms with Gasteiger partial charge in [0.15, 0.2) is 0 Å². The maximum atomic E-state index is 12.8. The molecule has 0 spiro atoms. The summed E-state index contributed by atoms with van der Waals surface area (Å²) in [7, 11) is -3.45. The number of aliphatic hydroxyl groups is 1. The van der Waals surface area contributed by atoms with Crippen molar-refractivity contribution in [1.82, 2.24) is 4.90 Å². The van der Waals surface area contributed by atoms with Gasteiger partial charge in [0.2, 0.25) is 15.9 Å². The van der Waals surface area contributed by atoms with Gasteiger partial charge in [-0.1, -0.05) is 24.3 Å². The third-order valence-corrected chi connectivity index (χ3v) is 5.40. The normalized spacial score (nSPS) is 18.7. The average Bonchev–Trinajstić information content (AvgIpc) is 2.68. The van der Waals surface area contributed by atoms with E-state index in [1.807, 2.05) is 0 Å². The molecule has 2 atom stereocenters. The maximum Gasteiger partial charge on any atom is 0.416 e. The molecule has 0 unspecified atom stereocenters. The summed E-state index contributed by atoms with van der Waals surface area (Å²) < 4.78 is 68.5. The lowest BCUT2D eigenvalue weighted by atomic mass is 9.99. The lowest BCUT2D eigenvalue weighted by Crippen LogP contribution is -2.51. The number of anilines is 1. The van der Waals surface area contributed by atoms with E-state index >= 15 is 0 Å². The van der Waals surface area contributed by atoms with Crippen LogP contribution >= 0.6 is 0 Å². The molecule has 0 radical (unpaired) electrons. The van der Waals surface area contributed by atoms with Crippen LogP contribution in [0.15, 0.2) is 48.5 Å². The number of halogens is 3. The molecule has 0 aliphatic carbocycles. The first kappa shape index (κ1) is 23.0. The quantitative estimate of drug-likeness (QED) is 0.694. The van der Waals surface area contributed by atoms with Gasteiger partial charge in [-0.3, -0.25) is 9.52 Å². The summed E-state index contributed by atoms with van der Waals surface area (Å²) in [5.74, 6) is -0.398. The fourth-order valence-corrected chi connectivity index (χ4v) is 3.84. The topological polar surface area (TPSA) is 95.9 Å². The Bertz CT molecular complexity index is 1020. The second-order valence-corrected chi connectivity index (χ2v) is 8.99. The molecular formula is C20H21F3N2O5S. The minimum atomic E-state index is -4.45. The number of rotatable bonds is 6. The van der Waals surface area contributed by atoms with Crippen LogP contribution < -0.4 is 4.72 Å². The third kappa shape index (κ3) is 5.96. The summed E-state index contributed by atoms with van der Waals surface area (Å²) in [6, 6.07) is 9.70. The highest BCUT2D eigenvalue weighted by molar-refractivity contribution is 7.92. The van der Waals surface area contributed by atoms with Crippen molar-refractivity contribution in [1.29, 1.82) is 0 Å². The molecule has 2 N–H and O–H groups in total. The first-order valence-electron chi connectivity index (χ1n) is 9.23. The van der Waals surface area contributed by atoms with Crippen molar-refractivity contribution in [2.24, 2.45) is 0 Å². The van der Waals surface area contributed by atoms with Crippen LogP contribution in [-0.4, -0.2) is 49.8 Å². The first-order chi connectivity index (χ1) is 14.4. The van der Waals surface area contributed by atoms with E-state index in [9.17, 15) is 31.5 Å². The van der Waals surface area contributed by atoms with Gasteiger partial charge in [0, 0.05) is 12.2 Å². The number of ether oxygens (including phenoxy) is 1. The molecule has 11 heteroatoms. The smallest absolute Gasteiger partial charge is 0.386 e. The van der Waals surface area contributed by atoms with E-state index in [0.717, 1.165) is 18.4 Å². The zero-order valence-corrected chi connectivity index (χ0v) is 17.3. The van der Waals surface area contributed by atoms with E-state index in [0.29, 0.717) is 16.8 Å². The standard InChI is InChI=1S/C20H21F3N2O5S/c1-31(28,29)24-16-8-4-14(5-9-16)19(27)17-11-30-12-18(26)25(17)10-13-2-6-15(7-3-13)20(21,22)23/h2-9,17,19,24,27H,10-12H2,1H3/t17-,19-/m1/s1. The Morgan fingerprint density at radius 3 is 2.32 bits per heavy atom. The molecule has 2 aromatic carbocycles. The van der Waals surface area contributed by atoms with Gasteiger partial charge in [-0.15, -0.1) is 0 Å². The Balaban J connectivity index is 1.77. The lowest BCUT2D eigenvalue weighted by molar-refractivity contribution is -0.155. The van der Waals surface area contributed by atoms with Crippen molar-refractivity contribution >= 4 is 21.6 Å². The summed E-state index contributed by atoms with van der Waals surface area (Å²) in [5, 5.41) is 10.8. The summed E-state index contributed by atoms with van der Waals surface area (Å²) >= 11 is 0. The van der Waals surface area contributed by atoms with Crippen LogP contribution in [0.5, 0.6) is 0 Å². The SMILES string of the molecule is CS(=O)(=O)Nc1ccc([C@@H](O)[C@H]2COCC(=O)N2Cc2ccc(C(F)(F)F)cc2)cc1. The van der Waals surface area contributed by atoms with Gasteiger partial charge < -0.3 is 14.7 Å². The Morgan fingerprint density at radius 2 is 1.77 bits per heavy atom. The van der Waals surface area contributed by atoms with Gasteiger partial charge in [-0.05, 0) is 35.4 Å². The van der Waals surface area contributed by atoms with Crippen LogP contribution in [0.2, 0.25) is 0 Å².